The molecule has 1 aromatic heterocycles. The zero-order valence-corrected chi connectivity index (χ0v) is 17.0. The smallest absolute Gasteiger partial charge is 0.311 e. The fourth-order valence-corrected chi connectivity index (χ4v) is 4.47. The van der Waals surface area contributed by atoms with Gasteiger partial charge < -0.3 is 14.7 Å². The van der Waals surface area contributed by atoms with Crippen LogP contribution in [0.3, 0.4) is 0 Å². The van der Waals surface area contributed by atoms with Crippen LogP contribution in [0.4, 0.5) is 0 Å². The first-order chi connectivity index (χ1) is 14.5. The fraction of sp³-hybridized carbons (Fsp3) is 0.429. The van der Waals surface area contributed by atoms with E-state index in [2.05, 4.69) is 10.00 Å². The summed E-state index contributed by atoms with van der Waals surface area (Å²) in [6.45, 7) is 1.53. The molecule has 0 unspecified atom stereocenters. The van der Waals surface area contributed by atoms with Crippen molar-refractivity contribution in [3.05, 3.63) is 53.9 Å². The fourth-order valence-electron chi connectivity index (χ4n) is 4.47. The molecule has 4 rings (SSSR count). The summed E-state index contributed by atoms with van der Waals surface area (Å²) in [6.07, 6.45) is 4.42. The van der Waals surface area contributed by atoms with E-state index >= 15 is 0 Å². The van der Waals surface area contributed by atoms with Gasteiger partial charge in [-0.05, 0) is 12.0 Å². The van der Waals surface area contributed by atoms with Crippen LogP contribution in [0.5, 0.6) is 0 Å². The van der Waals surface area contributed by atoms with Crippen molar-refractivity contribution in [2.75, 3.05) is 20.2 Å². The Balaban J connectivity index is 0.000000806. The van der Waals surface area contributed by atoms with E-state index in [1.165, 1.54) is 7.11 Å². The minimum atomic E-state index is -0.329. The zero-order chi connectivity index (χ0) is 21.7. The topological polar surface area (TPSA) is 105 Å². The van der Waals surface area contributed by atoms with Crippen LogP contribution >= 0.6 is 0 Å². The van der Waals surface area contributed by atoms with Gasteiger partial charge in [-0.3, -0.25) is 24.0 Å². The Morgan fingerprint density at radius 2 is 2.03 bits per heavy atom. The van der Waals surface area contributed by atoms with E-state index in [0.717, 1.165) is 17.7 Å². The standard InChI is InChI=1S/C20H24N4O3.CH2O2/c1-22-10-14(9-21-22)11-23-12-16-8-17(20(26)27-2)19(24(16)18(25)13-23)15-6-4-3-5-7-15;2-1-3/h3-7,9-10,16-17,19H,8,11-13H2,1-2H3;1H,(H,2,3)/t16-,17-,19-;/m0./s1. The van der Waals surface area contributed by atoms with Gasteiger partial charge in [0, 0.05) is 37.9 Å². The molecule has 1 amide bonds. The monoisotopic (exact) mass is 414 g/mol. The van der Waals surface area contributed by atoms with Crippen molar-refractivity contribution in [2.24, 2.45) is 13.0 Å². The highest BCUT2D eigenvalue weighted by atomic mass is 16.5. The molecule has 9 nitrogen and oxygen atoms in total. The number of methoxy groups -OCH3 is 1. The third kappa shape index (κ3) is 4.51. The van der Waals surface area contributed by atoms with E-state index in [0.29, 0.717) is 19.5 Å². The molecule has 3 atom stereocenters. The number of nitrogens with zero attached hydrogens (tertiary/aromatic N) is 4. The second-order valence-corrected chi connectivity index (χ2v) is 7.47. The first-order valence-corrected chi connectivity index (χ1v) is 9.70. The molecule has 1 N–H and O–H groups in total. The average Bonchev–Trinajstić information content (AvgIpc) is 3.32. The summed E-state index contributed by atoms with van der Waals surface area (Å²) >= 11 is 0. The average molecular weight is 414 g/mol. The van der Waals surface area contributed by atoms with Gasteiger partial charge in [0.05, 0.1) is 31.8 Å². The predicted octanol–water partition coefficient (Wildman–Crippen LogP) is 1.07. The van der Waals surface area contributed by atoms with E-state index in [1.807, 2.05) is 54.7 Å². The number of carbonyl (C=O) groups is 3. The maximum Gasteiger partial charge on any atom is 0.311 e. The van der Waals surface area contributed by atoms with Crippen LogP contribution in [0.2, 0.25) is 0 Å². The molecule has 0 saturated carbocycles. The minimum absolute atomic E-state index is 0.0113. The molecule has 9 heteroatoms. The number of amides is 1. The van der Waals surface area contributed by atoms with Crippen LogP contribution < -0.4 is 0 Å². The predicted molar refractivity (Wildman–Crippen MR) is 107 cm³/mol. The highest BCUT2D eigenvalue weighted by Crippen LogP contribution is 2.43. The van der Waals surface area contributed by atoms with Gasteiger partial charge in [-0.1, -0.05) is 30.3 Å². The van der Waals surface area contributed by atoms with Crippen molar-refractivity contribution in [3.63, 3.8) is 0 Å². The van der Waals surface area contributed by atoms with Gasteiger partial charge >= 0.3 is 5.97 Å². The number of aryl methyl sites for hydroxylation is 1. The molecule has 3 heterocycles. The molecule has 0 bridgehead atoms. The number of ether oxygens (including phenoxy) is 1. The SMILES string of the molecule is COC(=O)[C@H]1C[C@H]2CN(Cc3cnn(C)c3)CC(=O)N2[C@H]1c1ccccc1.O=CO. The Labute approximate surface area is 174 Å². The molecule has 160 valence electrons. The number of carboxylic acid groups (broad SMARTS) is 1. The summed E-state index contributed by atoms with van der Waals surface area (Å²) in [6, 6.07) is 9.56. The Hall–Kier alpha value is -3.20. The molecular formula is C21H26N4O5. The van der Waals surface area contributed by atoms with Crippen molar-refractivity contribution in [3.8, 4) is 0 Å². The summed E-state index contributed by atoms with van der Waals surface area (Å²) in [5.74, 6) is -0.509. The van der Waals surface area contributed by atoms with Crippen molar-refractivity contribution >= 4 is 18.3 Å². The highest BCUT2D eigenvalue weighted by Gasteiger charge is 2.50. The third-order valence-corrected chi connectivity index (χ3v) is 5.53. The lowest BCUT2D eigenvalue weighted by Gasteiger charge is -2.40. The Kier molecular flexibility index (Phi) is 6.83. The Bertz CT molecular complexity index is 885. The van der Waals surface area contributed by atoms with Crippen molar-refractivity contribution in [1.29, 1.82) is 0 Å². The number of aromatic nitrogens is 2. The molecule has 2 aromatic rings. The molecule has 2 fully saturated rings. The largest absolute Gasteiger partial charge is 0.483 e. The van der Waals surface area contributed by atoms with Crippen LogP contribution in [-0.2, 0) is 32.7 Å². The molecule has 2 saturated heterocycles. The third-order valence-electron chi connectivity index (χ3n) is 5.53. The van der Waals surface area contributed by atoms with Gasteiger partial charge in [-0.15, -0.1) is 0 Å². The van der Waals surface area contributed by atoms with E-state index < -0.39 is 0 Å². The van der Waals surface area contributed by atoms with Gasteiger partial charge in [0.25, 0.3) is 6.47 Å². The quantitative estimate of drug-likeness (QED) is 0.589. The van der Waals surface area contributed by atoms with Crippen LogP contribution in [0.15, 0.2) is 42.7 Å². The maximum absolute atomic E-state index is 13.0. The lowest BCUT2D eigenvalue weighted by atomic mass is 9.93. The molecule has 0 spiro atoms. The number of rotatable bonds is 4. The second kappa shape index (κ2) is 9.53. The van der Waals surface area contributed by atoms with Gasteiger partial charge in [0.1, 0.15) is 0 Å². The molecule has 0 radical (unpaired) electrons. The summed E-state index contributed by atoms with van der Waals surface area (Å²) in [4.78, 5) is 37.9. The number of hydrogen-bond donors (Lipinski definition) is 1. The van der Waals surface area contributed by atoms with Gasteiger partial charge in [0.15, 0.2) is 0 Å². The van der Waals surface area contributed by atoms with Gasteiger partial charge in [-0.2, -0.15) is 5.10 Å². The summed E-state index contributed by atoms with van der Waals surface area (Å²) in [7, 11) is 3.30. The normalized spacial score (nSPS) is 23.3. The summed E-state index contributed by atoms with van der Waals surface area (Å²) < 4.78 is 6.82. The van der Waals surface area contributed by atoms with E-state index in [1.54, 1.807) is 4.68 Å². The Morgan fingerprint density at radius 1 is 1.33 bits per heavy atom. The van der Waals surface area contributed by atoms with Crippen molar-refractivity contribution in [1.82, 2.24) is 19.6 Å². The number of fused-ring (bicyclic) bond motifs is 1. The number of benzene rings is 1. The first-order valence-electron chi connectivity index (χ1n) is 9.70. The van der Waals surface area contributed by atoms with E-state index in [-0.39, 0.29) is 36.4 Å². The summed E-state index contributed by atoms with van der Waals surface area (Å²) in [5, 5.41) is 11.1. The summed E-state index contributed by atoms with van der Waals surface area (Å²) in [5.41, 5.74) is 2.07. The van der Waals surface area contributed by atoms with E-state index in [9.17, 15) is 9.59 Å². The van der Waals surface area contributed by atoms with Crippen LogP contribution in [0, 0.1) is 5.92 Å². The number of esters is 1. The first kappa shape index (κ1) is 21.5. The van der Waals surface area contributed by atoms with Crippen LogP contribution in [0.1, 0.15) is 23.6 Å². The van der Waals surface area contributed by atoms with Crippen LogP contribution in [0.25, 0.3) is 0 Å². The number of carbonyl (C=O) groups excluding carboxylic acids is 2. The lowest BCUT2D eigenvalue weighted by Crippen LogP contribution is -2.53. The molecule has 30 heavy (non-hydrogen) atoms. The number of hydrogen-bond acceptors (Lipinski definition) is 6. The minimum Gasteiger partial charge on any atom is -0.483 e. The second-order valence-electron chi connectivity index (χ2n) is 7.47. The van der Waals surface area contributed by atoms with Gasteiger partial charge in [-0.25, -0.2) is 0 Å². The van der Waals surface area contributed by atoms with E-state index in [4.69, 9.17) is 14.6 Å². The molecule has 2 aliphatic heterocycles. The number of piperazine rings is 1. The molecule has 0 aliphatic carbocycles. The van der Waals surface area contributed by atoms with Crippen molar-refractivity contribution in [2.45, 2.75) is 25.0 Å². The van der Waals surface area contributed by atoms with Crippen molar-refractivity contribution < 1.29 is 24.2 Å². The molecular weight excluding hydrogens is 388 g/mol. The lowest BCUT2D eigenvalue weighted by molar-refractivity contribution is -0.147. The van der Waals surface area contributed by atoms with Gasteiger partial charge in [0.2, 0.25) is 5.91 Å². The molecule has 1 aromatic carbocycles. The maximum atomic E-state index is 13.0. The zero-order valence-electron chi connectivity index (χ0n) is 17.0. The highest BCUT2D eigenvalue weighted by molar-refractivity contribution is 5.83. The Morgan fingerprint density at radius 3 is 2.63 bits per heavy atom. The molecule has 2 aliphatic rings. The van der Waals surface area contributed by atoms with Crippen LogP contribution in [-0.4, -0.2) is 69.3 Å².